The van der Waals surface area contributed by atoms with Gasteiger partial charge in [-0.1, -0.05) is 35.6 Å². The number of nitrogens with zero attached hydrogens (tertiary/aromatic N) is 3. The minimum Gasteiger partial charge on any atom is -0.491 e. The number of H-pyrrole nitrogens is 1. The molecule has 0 aliphatic carbocycles. The highest BCUT2D eigenvalue weighted by Gasteiger charge is 2.27. The average molecular weight is 380 g/mol. The summed E-state index contributed by atoms with van der Waals surface area (Å²) >= 11 is 1.14. The van der Waals surface area contributed by atoms with Gasteiger partial charge in [0.25, 0.3) is 0 Å². The van der Waals surface area contributed by atoms with E-state index in [0.717, 1.165) is 65.9 Å². The molecule has 27 heavy (non-hydrogen) atoms. The molecule has 1 N–H and O–H groups in total. The van der Waals surface area contributed by atoms with Gasteiger partial charge in [0.1, 0.15) is 10.8 Å². The van der Waals surface area contributed by atoms with E-state index in [1.54, 1.807) is 0 Å². The lowest BCUT2D eigenvalue weighted by atomic mass is 10.0. The fourth-order valence-electron chi connectivity index (χ4n) is 3.97. The van der Waals surface area contributed by atoms with Crippen LogP contribution in [-0.2, 0) is 13.0 Å². The van der Waals surface area contributed by atoms with Crippen LogP contribution in [0.3, 0.4) is 0 Å². The molecule has 1 aromatic carbocycles. The summed E-state index contributed by atoms with van der Waals surface area (Å²) in [6.45, 7) is 2.74. The molecule has 0 amide bonds. The molecule has 1 atom stereocenters. The van der Waals surface area contributed by atoms with Gasteiger partial charge in [0.05, 0.1) is 12.3 Å². The van der Waals surface area contributed by atoms with E-state index >= 15 is 0 Å². The lowest BCUT2D eigenvalue weighted by Gasteiger charge is -2.25. The minimum absolute atomic E-state index is 0.124. The fourth-order valence-corrected chi connectivity index (χ4v) is 4.59. The first-order chi connectivity index (χ1) is 13.3. The third kappa shape index (κ3) is 3.28. The zero-order valence-electron chi connectivity index (χ0n) is 14.9. The van der Waals surface area contributed by atoms with Crippen molar-refractivity contribution in [2.24, 2.45) is 0 Å². The Bertz CT molecular complexity index is 1010. The maximum atomic E-state index is 11.3. The molecule has 0 unspecified atom stereocenters. The smallest absolute Gasteiger partial charge is 0.322 e. The first kappa shape index (κ1) is 16.6. The molecule has 1 saturated heterocycles. The van der Waals surface area contributed by atoms with Crippen LogP contribution in [0.2, 0.25) is 0 Å². The van der Waals surface area contributed by atoms with Crippen molar-refractivity contribution in [3.8, 4) is 16.3 Å². The molecular weight excluding hydrogens is 360 g/mol. The SMILES string of the molecule is O=c1[nH]nc(-c2ccc(CN3CCC[C@@H]3c3cnc4c(c3)OCC4)cc2)s1. The van der Waals surface area contributed by atoms with Gasteiger partial charge in [-0.25, -0.2) is 5.10 Å². The Morgan fingerprint density at radius 1 is 1.30 bits per heavy atom. The third-order valence-corrected chi connectivity index (χ3v) is 6.12. The molecule has 138 valence electrons. The summed E-state index contributed by atoms with van der Waals surface area (Å²) in [5.41, 5.74) is 4.57. The number of ether oxygens (including phenoxy) is 1. The molecule has 7 heteroatoms. The quantitative estimate of drug-likeness (QED) is 0.753. The Morgan fingerprint density at radius 2 is 2.19 bits per heavy atom. The number of hydrogen-bond donors (Lipinski definition) is 1. The van der Waals surface area contributed by atoms with Crippen molar-refractivity contribution in [1.29, 1.82) is 0 Å². The summed E-state index contributed by atoms with van der Waals surface area (Å²) in [4.78, 5) is 18.3. The molecule has 0 spiro atoms. The zero-order valence-corrected chi connectivity index (χ0v) is 15.7. The highest BCUT2D eigenvalue weighted by molar-refractivity contribution is 7.12. The molecule has 0 radical (unpaired) electrons. The number of fused-ring (bicyclic) bond motifs is 1. The van der Waals surface area contributed by atoms with Gasteiger partial charge in [-0.05, 0) is 36.6 Å². The van der Waals surface area contributed by atoms with E-state index in [2.05, 4.69) is 38.3 Å². The van der Waals surface area contributed by atoms with Gasteiger partial charge in [-0.15, -0.1) is 0 Å². The highest BCUT2D eigenvalue weighted by Crippen LogP contribution is 2.36. The van der Waals surface area contributed by atoms with Crippen LogP contribution in [0.25, 0.3) is 10.6 Å². The van der Waals surface area contributed by atoms with Crippen LogP contribution >= 0.6 is 11.3 Å². The van der Waals surface area contributed by atoms with Gasteiger partial charge in [0, 0.05) is 30.8 Å². The molecule has 6 nitrogen and oxygen atoms in total. The Morgan fingerprint density at radius 3 is 3.00 bits per heavy atom. The van der Waals surface area contributed by atoms with E-state index in [0.29, 0.717) is 6.04 Å². The zero-order chi connectivity index (χ0) is 18.2. The number of aromatic amines is 1. The van der Waals surface area contributed by atoms with E-state index in [-0.39, 0.29) is 4.87 Å². The highest BCUT2D eigenvalue weighted by atomic mass is 32.1. The van der Waals surface area contributed by atoms with Crippen molar-refractivity contribution in [2.45, 2.75) is 31.8 Å². The van der Waals surface area contributed by atoms with Crippen molar-refractivity contribution in [3.63, 3.8) is 0 Å². The Kier molecular flexibility index (Phi) is 4.26. The second-order valence-corrected chi connectivity index (χ2v) is 8.02. The maximum absolute atomic E-state index is 11.3. The van der Waals surface area contributed by atoms with Crippen molar-refractivity contribution in [2.75, 3.05) is 13.2 Å². The van der Waals surface area contributed by atoms with Crippen LogP contribution in [0.1, 0.15) is 35.7 Å². The van der Waals surface area contributed by atoms with E-state index in [1.807, 2.05) is 18.3 Å². The molecular formula is C20H20N4O2S. The number of likely N-dealkylation sites (tertiary alicyclic amines) is 1. The average Bonchev–Trinajstić information content (AvgIpc) is 3.42. The number of aromatic nitrogens is 3. The van der Waals surface area contributed by atoms with Crippen LogP contribution in [0, 0.1) is 0 Å². The van der Waals surface area contributed by atoms with E-state index in [1.165, 1.54) is 17.5 Å². The summed E-state index contributed by atoms with van der Waals surface area (Å²) in [5.74, 6) is 0.960. The van der Waals surface area contributed by atoms with E-state index in [4.69, 9.17) is 4.74 Å². The summed E-state index contributed by atoms with van der Waals surface area (Å²) < 4.78 is 5.70. The van der Waals surface area contributed by atoms with Gasteiger partial charge < -0.3 is 4.74 Å². The Balaban J connectivity index is 1.33. The molecule has 2 aliphatic rings. The number of pyridine rings is 1. The van der Waals surface area contributed by atoms with Crippen LogP contribution in [0.15, 0.2) is 41.3 Å². The molecule has 4 heterocycles. The number of nitrogens with one attached hydrogen (secondary N) is 1. The summed E-state index contributed by atoms with van der Waals surface area (Å²) in [6, 6.07) is 10.9. The maximum Gasteiger partial charge on any atom is 0.322 e. The summed E-state index contributed by atoms with van der Waals surface area (Å²) in [5, 5.41) is 7.25. The summed E-state index contributed by atoms with van der Waals surface area (Å²) in [7, 11) is 0. The van der Waals surface area contributed by atoms with Crippen molar-refractivity contribution in [1.82, 2.24) is 20.1 Å². The topological polar surface area (TPSA) is 71.1 Å². The lowest BCUT2D eigenvalue weighted by Crippen LogP contribution is -2.22. The van der Waals surface area contributed by atoms with Gasteiger partial charge >= 0.3 is 4.87 Å². The molecule has 0 bridgehead atoms. The van der Waals surface area contributed by atoms with Crippen molar-refractivity contribution in [3.05, 3.63) is 63.0 Å². The molecule has 2 aliphatic heterocycles. The first-order valence-electron chi connectivity index (χ1n) is 9.27. The van der Waals surface area contributed by atoms with E-state index < -0.39 is 0 Å². The van der Waals surface area contributed by atoms with Gasteiger partial charge in [0.15, 0.2) is 0 Å². The number of benzene rings is 1. The molecule has 0 saturated carbocycles. The van der Waals surface area contributed by atoms with Gasteiger partial charge in [0.2, 0.25) is 0 Å². The monoisotopic (exact) mass is 380 g/mol. The molecule has 1 fully saturated rings. The summed E-state index contributed by atoms with van der Waals surface area (Å²) in [6.07, 6.45) is 5.29. The van der Waals surface area contributed by atoms with Crippen LogP contribution < -0.4 is 9.61 Å². The lowest BCUT2D eigenvalue weighted by molar-refractivity contribution is 0.247. The van der Waals surface area contributed by atoms with E-state index in [9.17, 15) is 4.79 Å². The van der Waals surface area contributed by atoms with Crippen LogP contribution in [0.5, 0.6) is 5.75 Å². The predicted octanol–water partition coefficient (Wildman–Crippen LogP) is 3.17. The minimum atomic E-state index is -0.124. The largest absolute Gasteiger partial charge is 0.491 e. The second kappa shape index (κ2) is 6.90. The fraction of sp³-hybridized carbons (Fsp3) is 0.350. The molecule has 3 aromatic rings. The van der Waals surface area contributed by atoms with Crippen molar-refractivity contribution < 1.29 is 4.74 Å². The Labute approximate surface area is 160 Å². The molecule has 5 rings (SSSR count). The number of rotatable bonds is 4. The number of hydrogen-bond acceptors (Lipinski definition) is 6. The van der Waals surface area contributed by atoms with Gasteiger partial charge in [-0.2, -0.15) is 5.10 Å². The predicted molar refractivity (Wildman–Crippen MR) is 104 cm³/mol. The second-order valence-electron chi connectivity index (χ2n) is 7.06. The normalized spacial score (nSPS) is 19.2. The molecule has 2 aromatic heterocycles. The first-order valence-corrected chi connectivity index (χ1v) is 10.1. The van der Waals surface area contributed by atoms with Crippen LogP contribution in [0.4, 0.5) is 0 Å². The Hall–Kier alpha value is -2.51. The van der Waals surface area contributed by atoms with Crippen LogP contribution in [-0.4, -0.2) is 33.2 Å². The van der Waals surface area contributed by atoms with Crippen molar-refractivity contribution >= 4 is 11.3 Å². The third-order valence-electron chi connectivity index (χ3n) is 5.32. The standard InChI is InChI=1S/C20H20N4O2S/c25-20-23-22-19(27-20)14-5-3-13(4-6-14)12-24-8-1-2-17(24)15-10-18-16(21-11-15)7-9-26-18/h3-6,10-11,17H,1-2,7-9,12H2,(H,23,25)/t17-/m1/s1. The van der Waals surface area contributed by atoms with Gasteiger partial charge in [-0.3, -0.25) is 14.7 Å².